The summed E-state index contributed by atoms with van der Waals surface area (Å²) in [4.78, 5) is 0. The van der Waals surface area contributed by atoms with Gasteiger partial charge in [0.1, 0.15) is 5.75 Å². The molecule has 2 aromatic rings. The van der Waals surface area contributed by atoms with Crippen LogP contribution in [-0.4, -0.2) is 6.61 Å². The lowest BCUT2D eigenvalue weighted by Gasteiger charge is -2.06. The van der Waals surface area contributed by atoms with Crippen LogP contribution in [0.4, 0.5) is 0 Å². The molecule has 0 amide bonds. The first kappa shape index (κ1) is 23.3. The molecule has 0 N–H and O–H groups in total. The van der Waals surface area contributed by atoms with E-state index in [1.807, 2.05) is 0 Å². The molecule has 0 aliphatic rings. The summed E-state index contributed by atoms with van der Waals surface area (Å²) in [6.07, 6.45) is 22.6. The van der Waals surface area contributed by atoms with Gasteiger partial charge in [-0.25, -0.2) is 0 Å². The van der Waals surface area contributed by atoms with Crippen LogP contribution in [0.1, 0.15) is 110 Å². The molecule has 0 fully saturated rings. The molecule has 1 aromatic heterocycles. The predicted molar refractivity (Wildman–Crippen MR) is 127 cm³/mol. The zero-order valence-electron chi connectivity index (χ0n) is 18.2. The van der Waals surface area contributed by atoms with Gasteiger partial charge in [0.25, 0.3) is 0 Å². The molecule has 0 atom stereocenters. The van der Waals surface area contributed by atoms with Gasteiger partial charge in [0, 0.05) is 0 Å². The average Bonchev–Trinajstić information content (AvgIpc) is 3.18. The molecule has 0 saturated heterocycles. The Labute approximate surface area is 177 Å². The maximum Gasteiger partial charge on any atom is 0.119 e. The predicted octanol–water partition coefficient (Wildman–Crippen LogP) is 9.54. The van der Waals surface area contributed by atoms with Crippen LogP contribution in [0.2, 0.25) is 0 Å². The van der Waals surface area contributed by atoms with Crippen molar-refractivity contribution in [3.05, 3.63) is 29.0 Å². The molecule has 2 rings (SSSR count). The van der Waals surface area contributed by atoms with Crippen LogP contribution < -0.4 is 4.74 Å². The van der Waals surface area contributed by atoms with Gasteiger partial charge in [-0.15, -0.1) is 0 Å². The smallest absolute Gasteiger partial charge is 0.119 e. The van der Waals surface area contributed by atoms with Gasteiger partial charge < -0.3 is 4.74 Å². The SMILES string of the molecule is CCCCCCCCCCCCCCCCCCOc1ccc2cscc2c1. The van der Waals surface area contributed by atoms with Crippen molar-refractivity contribution in [3.63, 3.8) is 0 Å². The van der Waals surface area contributed by atoms with Gasteiger partial charge in [-0.2, -0.15) is 11.3 Å². The molecule has 158 valence electrons. The summed E-state index contributed by atoms with van der Waals surface area (Å²) in [5.74, 6) is 1.02. The number of rotatable bonds is 18. The van der Waals surface area contributed by atoms with E-state index in [-0.39, 0.29) is 0 Å². The first-order valence-corrected chi connectivity index (χ1v) is 12.9. The highest BCUT2D eigenvalue weighted by Crippen LogP contribution is 2.24. The van der Waals surface area contributed by atoms with Crippen LogP contribution in [0.5, 0.6) is 5.75 Å². The summed E-state index contributed by atoms with van der Waals surface area (Å²) in [6, 6.07) is 6.43. The quantitative estimate of drug-likeness (QED) is 0.225. The molecule has 0 aliphatic carbocycles. The minimum atomic E-state index is 0.855. The van der Waals surface area contributed by atoms with Crippen molar-refractivity contribution in [1.82, 2.24) is 0 Å². The molecule has 0 bridgehead atoms. The van der Waals surface area contributed by atoms with Crippen molar-refractivity contribution < 1.29 is 4.74 Å². The molecule has 0 aliphatic heterocycles. The second-order valence-corrected chi connectivity index (χ2v) is 9.06. The van der Waals surface area contributed by atoms with Gasteiger partial charge in [-0.3, -0.25) is 0 Å². The van der Waals surface area contributed by atoms with Crippen molar-refractivity contribution in [2.75, 3.05) is 6.61 Å². The first-order chi connectivity index (χ1) is 13.9. The van der Waals surface area contributed by atoms with E-state index >= 15 is 0 Å². The first-order valence-electron chi connectivity index (χ1n) is 12.0. The molecule has 0 saturated carbocycles. The second kappa shape index (κ2) is 15.9. The van der Waals surface area contributed by atoms with Crippen molar-refractivity contribution in [2.45, 2.75) is 110 Å². The van der Waals surface area contributed by atoms with E-state index in [4.69, 9.17) is 4.74 Å². The van der Waals surface area contributed by atoms with E-state index in [2.05, 4.69) is 35.9 Å². The van der Waals surface area contributed by atoms with Gasteiger partial charge in [0.2, 0.25) is 0 Å². The van der Waals surface area contributed by atoms with E-state index in [1.165, 1.54) is 114 Å². The lowest BCUT2D eigenvalue weighted by atomic mass is 10.0. The topological polar surface area (TPSA) is 9.23 Å². The number of ether oxygens (including phenoxy) is 1. The standard InChI is InChI=1S/C26H42OS/c1-2-3-4-5-6-7-8-9-10-11-12-13-14-15-16-17-20-27-26-19-18-24-22-28-23-25(24)21-26/h18-19,21-23H,2-17,20H2,1H3. The van der Waals surface area contributed by atoms with Crippen LogP contribution in [0.25, 0.3) is 10.8 Å². The maximum atomic E-state index is 5.91. The second-order valence-electron chi connectivity index (χ2n) is 8.31. The van der Waals surface area contributed by atoms with E-state index in [9.17, 15) is 0 Å². The fraction of sp³-hybridized carbons (Fsp3) is 0.692. The molecule has 0 radical (unpaired) electrons. The summed E-state index contributed by atoms with van der Waals surface area (Å²) in [5.41, 5.74) is 0. The summed E-state index contributed by atoms with van der Waals surface area (Å²) in [6.45, 7) is 3.15. The molecule has 1 heterocycles. The Morgan fingerprint density at radius 3 is 1.68 bits per heavy atom. The van der Waals surface area contributed by atoms with Crippen LogP contribution in [0, 0.1) is 0 Å². The lowest BCUT2D eigenvalue weighted by Crippen LogP contribution is -1.97. The number of unbranched alkanes of at least 4 members (excludes halogenated alkanes) is 15. The van der Waals surface area contributed by atoms with Gasteiger partial charge >= 0.3 is 0 Å². The van der Waals surface area contributed by atoms with Crippen molar-refractivity contribution in [2.24, 2.45) is 0 Å². The minimum Gasteiger partial charge on any atom is -0.494 e. The molecular weight excluding hydrogens is 360 g/mol. The number of thiophene rings is 1. The van der Waals surface area contributed by atoms with Gasteiger partial charge in [-0.05, 0) is 46.2 Å². The molecule has 0 spiro atoms. The molecule has 0 unspecified atom stereocenters. The third kappa shape index (κ3) is 10.5. The lowest BCUT2D eigenvalue weighted by molar-refractivity contribution is 0.304. The highest BCUT2D eigenvalue weighted by molar-refractivity contribution is 7.09. The van der Waals surface area contributed by atoms with Crippen LogP contribution in [0.15, 0.2) is 29.0 Å². The van der Waals surface area contributed by atoms with Gasteiger partial charge in [0.05, 0.1) is 6.61 Å². The molecular formula is C26H42OS. The zero-order valence-corrected chi connectivity index (χ0v) is 19.0. The fourth-order valence-corrected chi connectivity index (χ4v) is 4.65. The monoisotopic (exact) mass is 402 g/mol. The van der Waals surface area contributed by atoms with E-state index in [1.54, 1.807) is 11.3 Å². The van der Waals surface area contributed by atoms with E-state index in [0.717, 1.165) is 12.4 Å². The van der Waals surface area contributed by atoms with Crippen molar-refractivity contribution in [3.8, 4) is 5.75 Å². The summed E-state index contributed by atoms with van der Waals surface area (Å²) >= 11 is 1.76. The van der Waals surface area contributed by atoms with Crippen LogP contribution in [-0.2, 0) is 0 Å². The third-order valence-corrected chi connectivity index (χ3v) is 6.49. The Morgan fingerprint density at radius 2 is 1.11 bits per heavy atom. The number of hydrogen-bond donors (Lipinski definition) is 0. The Balaban J connectivity index is 1.30. The Kier molecular flexibility index (Phi) is 13.2. The molecule has 1 nitrogen and oxygen atoms in total. The highest BCUT2D eigenvalue weighted by atomic mass is 32.1. The summed E-state index contributed by atoms with van der Waals surface area (Å²) in [7, 11) is 0. The maximum absolute atomic E-state index is 5.91. The zero-order chi connectivity index (χ0) is 19.7. The molecule has 28 heavy (non-hydrogen) atoms. The fourth-order valence-electron chi connectivity index (χ4n) is 3.87. The van der Waals surface area contributed by atoms with Crippen molar-refractivity contribution >= 4 is 22.1 Å². The Bertz CT molecular complexity index is 603. The summed E-state index contributed by atoms with van der Waals surface area (Å²) < 4.78 is 5.91. The third-order valence-electron chi connectivity index (χ3n) is 5.71. The number of hydrogen-bond acceptors (Lipinski definition) is 2. The summed E-state index contributed by atoms with van der Waals surface area (Å²) in [5, 5.41) is 7.00. The van der Waals surface area contributed by atoms with Gasteiger partial charge in [0.15, 0.2) is 0 Å². The van der Waals surface area contributed by atoms with Crippen LogP contribution in [0.3, 0.4) is 0 Å². The van der Waals surface area contributed by atoms with Gasteiger partial charge in [-0.1, -0.05) is 103 Å². The van der Waals surface area contributed by atoms with Crippen LogP contribution >= 0.6 is 11.3 Å². The minimum absolute atomic E-state index is 0.855. The Hall–Kier alpha value is -1.02. The molecule has 2 heteroatoms. The highest BCUT2D eigenvalue weighted by Gasteiger charge is 1.99. The Morgan fingerprint density at radius 1 is 0.607 bits per heavy atom. The number of benzene rings is 1. The molecule has 1 aromatic carbocycles. The van der Waals surface area contributed by atoms with E-state index in [0.29, 0.717) is 0 Å². The van der Waals surface area contributed by atoms with E-state index < -0.39 is 0 Å². The number of fused-ring (bicyclic) bond motifs is 1. The van der Waals surface area contributed by atoms with Crippen molar-refractivity contribution in [1.29, 1.82) is 0 Å². The largest absolute Gasteiger partial charge is 0.494 e. The normalized spacial score (nSPS) is 11.3. The average molecular weight is 403 g/mol.